The van der Waals surface area contributed by atoms with Gasteiger partial charge in [-0.2, -0.15) is 0 Å². The van der Waals surface area contributed by atoms with Gasteiger partial charge in [0.05, 0.1) is 11.1 Å². The van der Waals surface area contributed by atoms with Gasteiger partial charge in [-0.15, -0.1) is 0 Å². The van der Waals surface area contributed by atoms with E-state index in [1.807, 2.05) is 27.7 Å². The fourth-order valence-electron chi connectivity index (χ4n) is 1.59. The summed E-state index contributed by atoms with van der Waals surface area (Å²) in [5.74, 6) is -0.0996. The molecule has 1 rings (SSSR count). The van der Waals surface area contributed by atoms with E-state index in [1.165, 1.54) is 6.07 Å². The second-order valence-corrected chi connectivity index (χ2v) is 5.25. The predicted octanol–water partition coefficient (Wildman–Crippen LogP) is 1.80. The van der Waals surface area contributed by atoms with Gasteiger partial charge in [0, 0.05) is 6.54 Å². The van der Waals surface area contributed by atoms with Gasteiger partial charge in [0.25, 0.3) is 5.91 Å². The van der Waals surface area contributed by atoms with Crippen LogP contribution in [0.1, 0.15) is 36.7 Å². The molecule has 1 aromatic rings. The van der Waals surface area contributed by atoms with E-state index in [2.05, 4.69) is 5.32 Å². The second-order valence-electron chi connectivity index (χ2n) is 5.25. The van der Waals surface area contributed by atoms with E-state index < -0.39 is 5.54 Å². The van der Waals surface area contributed by atoms with Crippen LogP contribution >= 0.6 is 0 Å². The molecule has 0 saturated heterocycles. The molecule has 0 bridgehead atoms. The van der Waals surface area contributed by atoms with Crippen LogP contribution in [-0.2, 0) is 0 Å². The van der Waals surface area contributed by atoms with E-state index in [0.717, 1.165) is 5.56 Å². The van der Waals surface area contributed by atoms with Gasteiger partial charge in [0.15, 0.2) is 0 Å². The quantitative estimate of drug-likeness (QED) is 0.762. The first kappa shape index (κ1) is 14.5. The molecule has 100 valence electrons. The minimum Gasteiger partial charge on any atom is -0.507 e. The average molecular weight is 250 g/mol. The summed E-state index contributed by atoms with van der Waals surface area (Å²) in [5, 5.41) is 12.6. The summed E-state index contributed by atoms with van der Waals surface area (Å²) in [5.41, 5.74) is 6.46. The maximum absolute atomic E-state index is 12.2. The Kier molecular flexibility index (Phi) is 4.35. The monoisotopic (exact) mass is 250 g/mol. The number of benzene rings is 1. The van der Waals surface area contributed by atoms with Crippen LogP contribution in [-0.4, -0.2) is 23.1 Å². The molecule has 0 spiro atoms. The number of aryl methyl sites for hydroxylation is 1. The molecule has 0 saturated carbocycles. The molecule has 0 radical (unpaired) electrons. The van der Waals surface area contributed by atoms with Gasteiger partial charge < -0.3 is 16.2 Å². The van der Waals surface area contributed by atoms with Gasteiger partial charge in [-0.25, -0.2) is 0 Å². The molecule has 1 aromatic carbocycles. The van der Waals surface area contributed by atoms with E-state index in [1.54, 1.807) is 12.1 Å². The molecular formula is C14H22N2O2. The Hall–Kier alpha value is -1.55. The first-order valence-electron chi connectivity index (χ1n) is 6.12. The van der Waals surface area contributed by atoms with Crippen molar-refractivity contribution >= 4 is 5.91 Å². The van der Waals surface area contributed by atoms with Crippen LogP contribution in [0.3, 0.4) is 0 Å². The van der Waals surface area contributed by atoms with Crippen molar-refractivity contribution in [1.29, 1.82) is 0 Å². The number of carbonyl (C=O) groups excluding carboxylic acids is 1. The van der Waals surface area contributed by atoms with Crippen molar-refractivity contribution in [1.82, 2.24) is 5.32 Å². The number of carbonyl (C=O) groups is 1. The highest BCUT2D eigenvalue weighted by Gasteiger charge is 2.29. The van der Waals surface area contributed by atoms with Crippen molar-refractivity contribution in [2.45, 2.75) is 33.2 Å². The lowest BCUT2D eigenvalue weighted by atomic mass is 9.88. The summed E-state index contributed by atoms with van der Waals surface area (Å²) in [6.45, 7) is 8.14. The molecule has 0 fully saturated rings. The van der Waals surface area contributed by atoms with Crippen LogP contribution in [0.4, 0.5) is 0 Å². The first-order chi connectivity index (χ1) is 8.30. The minimum absolute atomic E-state index is 0.0128. The molecule has 4 heteroatoms. The molecule has 0 aliphatic rings. The highest BCUT2D eigenvalue weighted by molar-refractivity contribution is 5.97. The topological polar surface area (TPSA) is 75.3 Å². The zero-order valence-electron chi connectivity index (χ0n) is 11.4. The Labute approximate surface area is 108 Å². The van der Waals surface area contributed by atoms with Gasteiger partial charge in [0.2, 0.25) is 0 Å². The van der Waals surface area contributed by atoms with Crippen molar-refractivity contribution in [2.24, 2.45) is 11.7 Å². The Morgan fingerprint density at radius 3 is 2.61 bits per heavy atom. The van der Waals surface area contributed by atoms with Gasteiger partial charge in [0.1, 0.15) is 5.75 Å². The molecule has 1 unspecified atom stereocenters. The lowest BCUT2D eigenvalue weighted by molar-refractivity contribution is 0.0880. The van der Waals surface area contributed by atoms with Crippen molar-refractivity contribution in [3.05, 3.63) is 29.3 Å². The number of phenolic OH excluding ortho intramolecular Hbond substituents is 1. The summed E-state index contributed by atoms with van der Waals surface area (Å²) in [4.78, 5) is 12.2. The standard InChI is InChI=1S/C14H22N2O2/c1-9(2)14(4,8-15)16-13(18)11-7-10(3)5-6-12(11)17/h5-7,9,17H,8,15H2,1-4H3,(H,16,18). The third kappa shape index (κ3) is 3.01. The number of nitrogens with one attached hydrogen (secondary N) is 1. The van der Waals surface area contributed by atoms with E-state index in [9.17, 15) is 9.90 Å². The predicted molar refractivity (Wildman–Crippen MR) is 72.6 cm³/mol. The molecule has 18 heavy (non-hydrogen) atoms. The minimum atomic E-state index is -0.479. The zero-order valence-corrected chi connectivity index (χ0v) is 11.4. The summed E-state index contributed by atoms with van der Waals surface area (Å²) in [6.07, 6.45) is 0. The van der Waals surface area contributed by atoms with Crippen molar-refractivity contribution < 1.29 is 9.90 Å². The van der Waals surface area contributed by atoms with Gasteiger partial charge in [-0.05, 0) is 31.9 Å². The van der Waals surface area contributed by atoms with Crippen molar-refractivity contribution in [2.75, 3.05) is 6.54 Å². The number of hydrogen-bond acceptors (Lipinski definition) is 3. The van der Waals surface area contributed by atoms with E-state index >= 15 is 0 Å². The highest BCUT2D eigenvalue weighted by atomic mass is 16.3. The smallest absolute Gasteiger partial charge is 0.255 e. The summed E-state index contributed by atoms with van der Waals surface area (Å²) >= 11 is 0. The fraction of sp³-hybridized carbons (Fsp3) is 0.500. The third-order valence-electron chi connectivity index (χ3n) is 3.49. The average Bonchev–Trinajstić information content (AvgIpc) is 2.31. The van der Waals surface area contributed by atoms with Gasteiger partial charge in [-0.3, -0.25) is 4.79 Å². The molecule has 4 N–H and O–H groups in total. The molecule has 0 aromatic heterocycles. The Morgan fingerprint density at radius 2 is 2.11 bits per heavy atom. The van der Waals surface area contributed by atoms with Gasteiger partial charge >= 0.3 is 0 Å². The maximum Gasteiger partial charge on any atom is 0.255 e. The van der Waals surface area contributed by atoms with Crippen LogP contribution in [0.5, 0.6) is 5.75 Å². The molecule has 0 aliphatic heterocycles. The van der Waals surface area contributed by atoms with Crippen LogP contribution in [0.25, 0.3) is 0 Å². The fourth-order valence-corrected chi connectivity index (χ4v) is 1.59. The van der Waals surface area contributed by atoms with Crippen LogP contribution in [0, 0.1) is 12.8 Å². The molecular weight excluding hydrogens is 228 g/mol. The number of phenols is 1. The normalized spacial score (nSPS) is 14.3. The number of hydrogen-bond donors (Lipinski definition) is 3. The van der Waals surface area contributed by atoms with E-state index in [-0.39, 0.29) is 23.1 Å². The molecule has 4 nitrogen and oxygen atoms in total. The molecule has 0 aliphatic carbocycles. The summed E-state index contributed by atoms with van der Waals surface area (Å²) in [6, 6.07) is 4.96. The maximum atomic E-state index is 12.2. The highest BCUT2D eigenvalue weighted by Crippen LogP contribution is 2.21. The summed E-state index contributed by atoms with van der Waals surface area (Å²) in [7, 11) is 0. The third-order valence-corrected chi connectivity index (χ3v) is 3.49. The lowest BCUT2D eigenvalue weighted by Gasteiger charge is -2.33. The Morgan fingerprint density at radius 1 is 1.50 bits per heavy atom. The number of rotatable bonds is 4. The number of aromatic hydroxyl groups is 1. The zero-order chi connectivity index (χ0) is 13.9. The van der Waals surface area contributed by atoms with E-state index in [4.69, 9.17) is 5.73 Å². The van der Waals surface area contributed by atoms with Crippen LogP contribution in [0.2, 0.25) is 0 Å². The SMILES string of the molecule is Cc1ccc(O)c(C(=O)NC(C)(CN)C(C)C)c1. The van der Waals surface area contributed by atoms with Crippen molar-refractivity contribution in [3.63, 3.8) is 0 Å². The first-order valence-corrected chi connectivity index (χ1v) is 6.12. The van der Waals surface area contributed by atoms with Crippen molar-refractivity contribution in [3.8, 4) is 5.75 Å². The summed E-state index contributed by atoms with van der Waals surface area (Å²) < 4.78 is 0. The number of nitrogens with two attached hydrogens (primary N) is 1. The van der Waals surface area contributed by atoms with Crippen LogP contribution < -0.4 is 11.1 Å². The number of amides is 1. The van der Waals surface area contributed by atoms with E-state index in [0.29, 0.717) is 6.54 Å². The molecule has 1 atom stereocenters. The second kappa shape index (κ2) is 5.40. The Bertz CT molecular complexity index is 443. The lowest BCUT2D eigenvalue weighted by Crippen LogP contribution is -2.55. The Balaban J connectivity index is 2.98. The van der Waals surface area contributed by atoms with Gasteiger partial charge in [-0.1, -0.05) is 25.5 Å². The molecule has 1 amide bonds. The largest absolute Gasteiger partial charge is 0.507 e. The molecule has 0 heterocycles. The van der Waals surface area contributed by atoms with Crippen LogP contribution in [0.15, 0.2) is 18.2 Å².